The van der Waals surface area contributed by atoms with E-state index in [1.165, 1.54) is 180 Å². The van der Waals surface area contributed by atoms with E-state index in [1.807, 2.05) is 79.4 Å². The molecule has 0 aliphatic carbocycles. The molecule has 332 valence electrons. The maximum Gasteiger partial charge on any atom is 0.252 e. The van der Waals surface area contributed by atoms with Crippen LogP contribution in [0.4, 0.5) is 0 Å². The molecule has 0 N–H and O–H groups in total. The van der Waals surface area contributed by atoms with Gasteiger partial charge in [-0.25, -0.2) is 0 Å². The van der Waals surface area contributed by atoms with Crippen molar-refractivity contribution in [2.75, 3.05) is 13.2 Å². The Morgan fingerprint density at radius 1 is 0.397 bits per heavy atom. The summed E-state index contributed by atoms with van der Waals surface area (Å²) in [5.41, 5.74) is 0. The molecule has 0 aromatic carbocycles. The van der Waals surface area contributed by atoms with Gasteiger partial charge in [-0.2, -0.15) is 9.13 Å². The third-order valence-electron chi connectivity index (χ3n) is 9.89. The van der Waals surface area contributed by atoms with Gasteiger partial charge in [0.05, 0.1) is 13.2 Å². The van der Waals surface area contributed by atoms with Crippen LogP contribution in [0.1, 0.15) is 194 Å². The highest BCUT2D eigenvalue weighted by molar-refractivity contribution is 7.72. The Morgan fingerprint density at radius 3 is 0.862 bits per heavy atom. The fourth-order valence-electron chi connectivity index (χ4n) is 6.49. The molecular weight excluding hydrogens is 743 g/mol. The van der Waals surface area contributed by atoms with E-state index in [1.54, 1.807) is 12.4 Å². The van der Waals surface area contributed by atoms with Crippen molar-refractivity contribution in [1.29, 1.82) is 0 Å². The first-order valence-corrected chi connectivity index (χ1v) is 24.3. The van der Waals surface area contributed by atoms with Crippen LogP contribution in [0, 0.1) is 0 Å². The van der Waals surface area contributed by atoms with Crippen LogP contribution in [-0.2, 0) is 34.3 Å². The quantitative estimate of drug-likeness (QED) is 0.0337. The van der Waals surface area contributed by atoms with E-state index in [2.05, 4.69) is 28.0 Å². The van der Waals surface area contributed by atoms with Crippen LogP contribution in [0.2, 0.25) is 0 Å². The van der Waals surface area contributed by atoms with Crippen molar-refractivity contribution >= 4 is 11.4 Å². The van der Waals surface area contributed by atoms with E-state index >= 15 is 0 Å². The Bertz CT molecular complexity index is 1080. The Kier molecular flexibility index (Phi) is 46.7. The van der Waals surface area contributed by atoms with Crippen molar-refractivity contribution in [2.45, 2.75) is 207 Å². The highest BCUT2D eigenvalue weighted by atomic mass is 32.2. The van der Waals surface area contributed by atoms with Crippen LogP contribution in [0.15, 0.2) is 91.8 Å². The number of ether oxygens (including phenoxy) is 2. The average Bonchev–Trinajstić information content (AvgIpc) is 3.25. The molecule has 8 nitrogen and oxygen atoms in total. The van der Waals surface area contributed by atoms with Crippen LogP contribution in [0.5, 0.6) is 0 Å². The minimum Gasteiger partial charge on any atom is -0.784 e. The topological polar surface area (TPSA) is 102 Å². The zero-order valence-electron chi connectivity index (χ0n) is 37.1. The highest BCUT2D eigenvalue weighted by Crippen LogP contribution is 2.14. The zero-order valence-corrected chi connectivity index (χ0v) is 37.9. The molecular formula is C49H85N3O5S. The van der Waals surface area contributed by atoms with Crippen molar-refractivity contribution in [3.05, 3.63) is 91.8 Å². The molecule has 9 heteroatoms. The molecule has 0 saturated carbocycles. The molecule has 0 fully saturated rings. The van der Waals surface area contributed by atoms with Crippen molar-refractivity contribution in [3.63, 3.8) is 0 Å². The van der Waals surface area contributed by atoms with E-state index in [9.17, 15) is 0 Å². The SMILES string of the molecule is CCCCCCCCCCCCCCCCOC[n+]1ccccc1.CCCCCCCCCCCCCCCCOC[n+]1ccccc1.O=S([O-])[O-].c1ccncc1. The lowest BCUT2D eigenvalue weighted by atomic mass is 10.0. The number of hydrogen-bond acceptors (Lipinski definition) is 6. The normalized spacial score (nSPS) is 10.6. The molecule has 0 bridgehead atoms. The van der Waals surface area contributed by atoms with Gasteiger partial charge in [-0.3, -0.25) is 9.19 Å². The second-order valence-electron chi connectivity index (χ2n) is 15.3. The minimum atomic E-state index is -3.11. The summed E-state index contributed by atoms with van der Waals surface area (Å²) < 4.78 is 40.9. The number of aromatic nitrogens is 3. The molecule has 58 heavy (non-hydrogen) atoms. The highest BCUT2D eigenvalue weighted by Gasteiger charge is 1.99. The molecule has 0 aliphatic rings. The second-order valence-corrected chi connectivity index (χ2v) is 15.7. The minimum absolute atomic E-state index is 0.680. The molecule has 0 aliphatic heterocycles. The summed E-state index contributed by atoms with van der Waals surface area (Å²) in [5, 5.41) is 0. The molecule has 0 unspecified atom stereocenters. The fraction of sp³-hybridized carbons (Fsp3) is 0.694. The summed E-state index contributed by atoms with van der Waals surface area (Å²) in [6.45, 7) is 7.71. The number of nitrogens with zero attached hydrogens (tertiary/aromatic N) is 3. The first-order valence-electron chi connectivity index (χ1n) is 23.3. The molecule has 0 atom stereocenters. The van der Waals surface area contributed by atoms with E-state index in [0.29, 0.717) is 13.5 Å². The third-order valence-corrected chi connectivity index (χ3v) is 9.89. The number of rotatable bonds is 34. The molecule has 0 spiro atoms. The van der Waals surface area contributed by atoms with Gasteiger partial charge in [0.1, 0.15) is 0 Å². The predicted octanol–water partition coefficient (Wildman–Crippen LogP) is 12.9. The van der Waals surface area contributed by atoms with E-state index in [0.717, 1.165) is 13.2 Å². The lowest BCUT2D eigenvalue weighted by Gasteiger charge is -2.03. The summed E-state index contributed by atoms with van der Waals surface area (Å²) >= 11 is -3.11. The smallest absolute Gasteiger partial charge is 0.252 e. The monoisotopic (exact) mass is 828 g/mol. The summed E-state index contributed by atoms with van der Waals surface area (Å²) in [4.78, 5) is 3.78. The van der Waals surface area contributed by atoms with Gasteiger partial charge >= 0.3 is 0 Å². The first kappa shape index (κ1) is 55.4. The molecule has 0 radical (unpaired) electrons. The van der Waals surface area contributed by atoms with Gasteiger partial charge in [-0.15, -0.1) is 11.4 Å². The van der Waals surface area contributed by atoms with Crippen LogP contribution in [0.25, 0.3) is 0 Å². The second kappa shape index (κ2) is 48.8. The molecule has 0 saturated heterocycles. The summed E-state index contributed by atoms with van der Waals surface area (Å²) in [7, 11) is 0. The number of hydrogen-bond donors (Lipinski definition) is 0. The molecule has 3 aromatic rings. The molecule has 3 aromatic heterocycles. The standard InChI is InChI=1S/2C22H40NO.C5H5N.H2O3S/c2*1-2-3-4-5-6-7-8-9-10-11-12-13-14-18-21-24-22-23-19-16-15-17-20-23;1-2-4-6-5-3-1;1-4(2)3/h2*15-17,19-20H,2-14,18,21-22H2,1H3;1-5H;(H2,1,2,3)/q2*+1;;/p-2. The van der Waals surface area contributed by atoms with Crippen LogP contribution >= 0.6 is 0 Å². The van der Waals surface area contributed by atoms with Gasteiger partial charge in [-0.05, 0) is 25.0 Å². The maximum atomic E-state index is 8.44. The first-order chi connectivity index (χ1) is 28.6. The summed E-state index contributed by atoms with van der Waals surface area (Å²) in [6.07, 6.45) is 51.0. The van der Waals surface area contributed by atoms with Crippen molar-refractivity contribution in [3.8, 4) is 0 Å². The number of pyridine rings is 3. The fourth-order valence-corrected chi connectivity index (χ4v) is 6.49. The Balaban J connectivity index is 0.000000902. The molecule has 3 heterocycles. The van der Waals surface area contributed by atoms with Gasteiger partial charge in [0.2, 0.25) is 0 Å². The largest absolute Gasteiger partial charge is 0.784 e. The van der Waals surface area contributed by atoms with Crippen LogP contribution in [0.3, 0.4) is 0 Å². The van der Waals surface area contributed by atoms with Gasteiger partial charge in [0.15, 0.2) is 24.8 Å². The van der Waals surface area contributed by atoms with Gasteiger partial charge in [0, 0.05) is 36.7 Å². The Morgan fingerprint density at radius 2 is 0.638 bits per heavy atom. The van der Waals surface area contributed by atoms with Crippen LogP contribution in [-0.4, -0.2) is 31.5 Å². The van der Waals surface area contributed by atoms with Crippen molar-refractivity contribution < 1.29 is 31.9 Å². The van der Waals surface area contributed by atoms with Crippen molar-refractivity contribution in [2.24, 2.45) is 0 Å². The number of unbranched alkanes of at least 4 members (excludes halogenated alkanes) is 26. The molecule has 0 amide bonds. The Labute approximate surface area is 359 Å². The summed E-state index contributed by atoms with van der Waals surface area (Å²) in [5.74, 6) is 0. The average molecular weight is 828 g/mol. The van der Waals surface area contributed by atoms with E-state index in [4.69, 9.17) is 22.8 Å². The van der Waals surface area contributed by atoms with Crippen LogP contribution < -0.4 is 9.13 Å². The van der Waals surface area contributed by atoms with Gasteiger partial charge < -0.3 is 18.6 Å². The third kappa shape index (κ3) is 47.8. The Hall–Kier alpha value is -2.56. The lowest BCUT2D eigenvalue weighted by Crippen LogP contribution is -2.33. The zero-order chi connectivity index (χ0) is 42.1. The van der Waals surface area contributed by atoms with Gasteiger partial charge in [-0.1, -0.05) is 199 Å². The van der Waals surface area contributed by atoms with E-state index in [-0.39, 0.29) is 0 Å². The summed E-state index contributed by atoms with van der Waals surface area (Å²) in [6, 6.07) is 17.9. The predicted molar refractivity (Wildman–Crippen MR) is 240 cm³/mol. The van der Waals surface area contributed by atoms with E-state index < -0.39 is 11.4 Å². The lowest BCUT2D eigenvalue weighted by molar-refractivity contribution is -0.732. The molecule has 3 rings (SSSR count). The maximum absolute atomic E-state index is 8.44. The van der Waals surface area contributed by atoms with Crippen molar-refractivity contribution in [1.82, 2.24) is 4.98 Å². The van der Waals surface area contributed by atoms with Gasteiger partial charge in [0.25, 0.3) is 13.5 Å².